The Morgan fingerprint density at radius 3 is 2.80 bits per heavy atom. The Balaban J connectivity index is 2.24. The van der Waals surface area contributed by atoms with E-state index in [1.54, 1.807) is 0 Å². The molecule has 1 aromatic rings. The lowest BCUT2D eigenvalue weighted by atomic mass is 10.0. The first-order valence-electron chi connectivity index (χ1n) is 5.81. The molecule has 0 bridgehead atoms. The summed E-state index contributed by atoms with van der Waals surface area (Å²) in [5, 5.41) is 0. The van der Waals surface area contributed by atoms with Crippen molar-refractivity contribution in [3.05, 3.63) is 23.8 Å². The highest BCUT2D eigenvalue weighted by molar-refractivity contribution is 5.58. The summed E-state index contributed by atoms with van der Waals surface area (Å²) in [4.78, 5) is 2.50. The molecule has 2 nitrogen and oxygen atoms in total. The first kappa shape index (κ1) is 10.3. The van der Waals surface area contributed by atoms with E-state index in [1.165, 1.54) is 37.1 Å². The highest BCUT2D eigenvalue weighted by Gasteiger charge is 2.18. The summed E-state index contributed by atoms with van der Waals surface area (Å²) < 4.78 is 0. The molecule has 0 radical (unpaired) electrons. The zero-order valence-corrected chi connectivity index (χ0v) is 9.66. The van der Waals surface area contributed by atoms with E-state index in [-0.39, 0.29) is 0 Å². The van der Waals surface area contributed by atoms with Crippen LogP contribution in [0.4, 0.5) is 11.4 Å². The summed E-state index contributed by atoms with van der Waals surface area (Å²) in [6, 6.07) is 7.04. The lowest BCUT2D eigenvalue weighted by Gasteiger charge is -2.35. The standard InChI is InChI=1S/C13H20N2/c1-10-9-12(6-7-13(10)14)15-8-4-3-5-11(15)2/h6-7,9,11H,3-5,8,14H2,1-2H3. The van der Waals surface area contributed by atoms with E-state index in [4.69, 9.17) is 5.73 Å². The fourth-order valence-corrected chi connectivity index (χ4v) is 2.32. The number of nitrogens with zero attached hydrogens (tertiary/aromatic N) is 1. The van der Waals surface area contributed by atoms with E-state index in [9.17, 15) is 0 Å². The monoisotopic (exact) mass is 204 g/mol. The predicted molar refractivity (Wildman–Crippen MR) is 66.3 cm³/mol. The average molecular weight is 204 g/mol. The zero-order valence-electron chi connectivity index (χ0n) is 9.66. The topological polar surface area (TPSA) is 29.3 Å². The normalized spacial score (nSPS) is 21.7. The number of hydrogen-bond donors (Lipinski definition) is 1. The molecule has 0 aromatic heterocycles. The highest BCUT2D eigenvalue weighted by atomic mass is 15.2. The maximum atomic E-state index is 5.83. The second-order valence-corrected chi connectivity index (χ2v) is 4.58. The molecule has 82 valence electrons. The number of nitrogen functional groups attached to an aromatic ring is 1. The third kappa shape index (κ3) is 2.09. The SMILES string of the molecule is Cc1cc(N2CCCCC2C)ccc1N. The van der Waals surface area contributed by atoms with E-state index >= 15 is 0 Å². The molecule has 0 spiro atoms. The van der Waals surface area contributed by atoms with Crippen LogP contribution >= 0.6 is 0 Å². The number of rotatable bonds is 1. The molecule has 1 fully saturated rings. The highest BCUT2D eigenvalue weighted by Crippen LogP contribution is 2.26. The maximum Gasteiger partial charge on any atom is 0.0372 e. The van der Waals surface area contributed by atoms with Crippen LogP contribution in [0.2, 0.25) is 0 Å². The number of hydrogen-bond acceptors (Lipinski definition) is 2. The molecule has 0 aliphatic carbocycles. The summed E-state index contributed by atoms with van der Waals surface area (Å²) in [6.07, 6.45) is 3.99. The van der Waals surface area contributed by atoms with Gasteiger partial charge < -0.3 is 10.6 Å². The molecule has 1 aliphatic rings. The van der Waals surface area contributed by atoms with Gasteiger partial charge in [-0.1, -0.05) is 0 Å². The molecule has 1 heterocycles. The van der Waals surface area contributed by atoms with Crippen molar-refractivity contribution in [1.29, 1.82) is 0 Å². The van der Waals surface area contributed by atoms with Crippen LogP contribution in [0.1, 0.15) is 31.7 Å². The van der Waals surface area contributed by atoms with Crippen LogP contribution < -0.4 is 10.6 Å². The Hall–Kier alpha value is -1.18. The molecule has 1 aliphatic heterocycles. The van der Waals surface area contributed by atoms with Gasteiger partial charge in [-0.25, -0.2) is 0 Å². The number of nitrogens with two attached hydrogens (primary N) is 1. The minimum atomic E-state index is 0.668. The molecular weight excluding hydrogens is 184 g/mol. The summed E-state index contributed by atoms with van der Waals surface area (Å²) in [7, 11) is 0. The minimum absolute atomic E-state index is 0.668. The van der Waals surface area contributed by atoms with Gasteiger partial charge in [-0.15, -0.1) is 0 Å². The minimum Gasteiger partial charge on any atom is -0.399 e. The van der Waals surface area contributed by atoms with E-state index < -0.39 is 0 Å². The third-order valence-electron chi connectivity index (χ3n) is 3.39. The van der Waals surface area contributed by atoms with Crippen molar-refractivity contribution >= 4 is 11.4 Å². The largest absolute Gasteiger partial charge is 0.399 e. The second kappa shape index (κ2) is 4.13. The van der Waals surface area contributed by atoms with Crippen molar-refractivity contribution in [2.75, 3.05) is 17.2 Å². The Bertz CT molecular complexity index is 346. The number of anilines is 2. The van der Waals surface area contributed by atoms with Crippen molar-refractivity contribution in [3.8, 4) is 0 Å². The van der Waals surface area contributed by atoms with Crippen LogP contribution in [0.3, 0.4) is 0 Å². The molecule has 0 amide bonds. The van der Waals surface area contributed by atoms with Crippen LogP contribution in [0, 0.1) is 6.92 Å². The molecule has 1 saturated heterocycles. The third-order valence-corrected chi connectivity index (χ3v) is 3.39. The average Bonchev–Trinajstić information content (AvgIpc) is 2.23. The van der Waals surface area contributed by atoms with Gasteiger partial charge in [0, 0.05) is 24.0 Å². The summed E-state index contributed by atoms with van der Waals surface area (Å²) >= 11 is 0. The van der Waals surface area contributed by atoms with Gasteiger partial charge in [0.05, 0.1) is 0 Å². The Morgan fingerprint density at radius 1 is 1.33 bits per heavy atom. The van der Waals surface area contributed by atoms with Gasteiger partial charge in [-0.2, -0.15) is 0 Å². The molecule has 1 atom stereocenters. The van der Waals surface area contributed by atoms with Gasteiger partial charge in [0.1, 0.15) is 0 Å². The van der Waals surface area contributed by atoms with Crippen molar-refractivity contribution in [3.63, 3.8) is 0 Å². The Morgan fingerprint density at radius 2 is 2.13 bits per heavy atom. The molecule has 2 heteroatoms. The number of piperidine rings is 1. The molecule has 15 heavy (non-hydrogen) atoms. The fraction of sp³-hybridized carbons (Fsp3) is 0.538. The number of aryl methyl sites for hydroxylation is 1. The Labute approximate surface area is 92.1 Å². The maximum absolute atomic E-state index is 5.83. The van der Waals surface area contributed by atoms with Gasteiger partial charge in [0.2, 0.25) is 0 Å². The smallest absolute Gasteiger partial charge is 0.0372 e. The van der Waals surface area contributed by atoms with E-state index in [2.05, 4.69) is 30.9 Å². The van der Waals surface area contributed by atoms with E-state index in [0.717, 1.165) is 5.69 Å². The van der Waals surface area contributed by atoms with Gasteiger partial charge in [-0.3, -0.25) is 0 Å². The lowest BCUT2D eigenvalue weighted by molar-refractivity contribution is 0.485. The summed E-state index contributed by atoms with van der Waals surface area (Å²) in [5.41, 5.74) is 9.24. The van der Waals surface area contributed by atoms with Crippen molar-refractivity contribution in [1.82, 2.24) is 0 Å². The van der Waals surface area contributed by atoms with E-state index in [0.29, 0.717) is 6.04 Å². The molecular formula is C13H20N2. The molecule has 1 aromatic carbocycles. The van der Waals surface area contributed by atoms with Crippen LogP contribution in [0.25, 0.3) is 0 Å². The predicted octanol–water partition coefficient (Wildman–Crippen LogP) is 2.96. The molecule has 2 N–H and O–H groups in total. The molecule has 1 unspecified atom stereocenters. The van der Waals surface area contributed by atoms with Gasteiger partial charge in [-0.05, 0) is 56.9 Å². The van der Waals surface area contributed by atoms with Crippen molar-refractivity contribution in [2.24, 2.45) is 0 Å². The van der Waals surface area contributed by atoms with Crippen LogP contribution in [-0.2, 0) is 0 Å². The van der Waals surface area contributed by atoms with Gasteiger partial charge >= 0.3 is 0 Å². The van der Waals surface area contributed by atoms with Crippen LogP contribution in [0.5, 0.6) is 0 Å². The quantitative estimate of drug-likeness (QED) is 0.713. The first-order valence-corrected chi connectivity index (χ1v) is 5.81. The molecule has 0 saturated carbocycles. The van der Waals surface area contributed by atoms with Crippen LogP contribution in [-0.4, -0.2) is 12.6 Å². The molecule has 2 rings (SSSR count). The van der Waals surface area contributed by atoms with Gasteiger partial charge in [0.15, 0.2) is 0 Å². The fourth-order valence-electron chi connectivity index (χ4n) is 2.32. The summed E-state index contributed by atoms with van der Waals surface area (Å²) in [6.45, 7) is 5.57. The first-order chi connectivity index (χ1) is 7.18. The van der Waals surface area contributed by atoms with Gasteiger partial charge in [0.25, 0.3) is 0 Å². The van der Waals surface area contributed by atoms with Crippen LogP contribution in [0.15, 0.2) is 18.2 Å². The van der Waals surface area contributed by atoms with Crippen molar-refractivity contribution < 1.29 is 0 Å². The second-order valence-electron chi connectivity index (χ2n) is 4.58. The summed E-state index contributed by atoms with van der Waals surface area (Å²) in [5.74, 6) is 0. The zero-order chi connectivity index (χ0) is 10.8. The number of benzene rings is 1. The van der Waals surface area contributed by atoms with Crippen molar-refractivity contribution in [2.45, 2.75) is 39.2 Å². The van der Waals surface area contributed by atoms with E-state index in [1.807, 2.05) is 6.07 Å². The Kier molecular flexibility index (Phi) is 2.85. The lowest BCUT2D eigenvalue weighted by Crippen LogP contribution is -2.37.